The third kappa shape index (κ3) is 3.12. The van der Waals surface area contributed by atoms with Crippen molar-refractivity contribution in [2.45, 2.75) is 5.33 Å². The number of ether oxygens (including phenoxy) is 1. The van der Waals surface area contributed by atoms with Crippen LogP contribution < -0.4 is 4.74 Å². The quantitative estimate of drug-likeness (QED) is 0.731. The van der Waals surface area contributed by atoms with E-state index in [0.29, 0.717) is 27.0 Å². The van der Waals surface area contributed by atoms with Crippen LogP contribution in [0.3, 0.4) is 0 Å². The lowest BCUT2D eigenvalue weighted by atomic mass is 10.3. The maximum atomic E-state index is 6.02. The first-order valence-corrected chi connectivity index (χ1v) is 6.71. The van der Waals surface area contributed by atoms with Crippen LogP contribution in [0.15, 0.2) is 36.5 Å². The van der Waals surface area contributed by atoms with E-state index in [2.05, 4.69) is 20.9 Å². The first kappa shape index (κ1) is 12.7. The van der Waals surface area contributed by atoms with Crippen molar-refractivity contribution < 1.29 is 4.74 Å². The molecule has 0 bridgehead atoms. The predicted molar refractivity (Wildman–Crippen MR) is 73.4 cm³/mol. The van der Waals surface area contributed by atoms with Crippen LogP contribution in [-0.4, -0.2) is 4.98 Å². The summed E-state index contributed by atoms with van der Waals surface area (Å²) in [5.41, 5.74) is 0.948. The normalized spacial score (nSPS) is 10.3. The summed E-state index contributed by atoms with van der Waals surface area (Å²) in [5.74, 6) is 1.02. The summed E-state index contributed by atoms with van der Waals surface area (Å²) >= 11 is 15.3. The molecule has 0 unspecified atom stereocenters. The van der Waals surface area contributed by atoms with Gasteiger partial charge in [0.15, 0.2) is 0 Å². The Labute approximate surface area is 118 Å². The Kier molecular flexibility index (Phi) is 4.26. The molecule has 0 aliphatic rings. The Bertz CT molecular complexity index is 534. The fraction of sp³-hybridized carbons (Fsp3) is 0.0833. The SMILES string of the molecule is Clc1ccc(Cl)c(Oc2ncccc2CBr)c1. The Morgan fingerprint density at radius 3 is 2.82 bits per heavy atom. The van der Waals surface area contributed by atoms with Crippen molar-refractivity contribution in [3.63, 3.8) is 0 Å². The molecule has 2 rings (SSSR count). The molecule has 0 aliphatic heterocycles. The van der Waals surface area contributed by atoms with Crippen LogP contribution in [-0.2, 0) is 5.33 Å². The second-order valence-electron chi connectivity index (χ2n) is 3.28. The lowest BCUT2D eigenvalue weighted by molar-refractivity contribution is 0.459. The second kappa shape index (κ2) is 5.71. The van der Waals surface area contributed by atoms with Gasteiger partial charge in [0.2, 0.25) is 5.88 Å². The van der Waals surface area contributed by atoms with Crippen molar-refractivity contribution in [2.75, 3.05) is 0 Å². The van der Waals surface area contributed by atoms with Crippen LogP contribution in [0.1, 0.15) is 5.56 Å². The van der Waals surface area contributed by atoms with Crippen molar-refractivity contribution in [1.82, 2.24) is 4.98 Å². The topological polar surface area (TPSA) is 22.1 Å². The predicted octanol–water partition coefficient (Wildman–Crippen LogP) is 5.08. The lowest BCUT2D eigenvalue weighted by Crippen LogP contribution is -1.92. The van der Waals surface area contributed by atoms with Crippen LogP contribution in [0.5, 0.6) is 11.6 Å². The molecule has 0 saturated heterocycles. The smallest absolute Gasteiger partial charge is 0.223 e. The van der Waals surface area contributed by atoms with Gasteiger partial charge in [-0.05, 0) is 18.2 Å². The van der Waals surface area contributed by atoms with E-state index < -0.39 is 0 Å². The van der Waals surface area contributed by atoms with Gasteiger partial charge >= 0.3 is 0 Å². The average molecular weight is 333 g/mol. The molecular weight excluding hydrogens is 325 g/mol. The van der Waals surface area contributed by atoms with E-state index in [-0.39, 0.29) is 0 Å². The molecule has 0 aliphatic carbocycles. The minimum atomic E-state index is 0.500. The summed E-state index contributed by atoms with van der Waals surface area (Å²) in [6.45, 7) is 0. The molecule has 88 valence electrons. The molecule has 2 nitrogen and oxygen atoms in total. The zero-order chi connectivity index (χ0) is 12.3. The first-order valence-electron chi connectivity index (χ1n) is 4.83. The largest absolute Gasteiger partial charge is 0.437 e. The van der Waals surface area contributed by atoms with Gasteiger partial charge in [0.25, 0.3) is 0 Å². The number of alkyl halides is 1. The van der Waals surface area contributed by atoms with E-state index in [9.17, 15) is 0 Å². The van der Waals surface area contributed by atoms with E-state index in [1.54, 1.807) is 24.4 Å². The number of aromatic nitrogens is 1. The number of nitrogens with zero attached hydrogens (tertiary/aromatic N) is 1. The molecule has 0 amide bonds. The minimum absolute atomic E-state index is 0.500. The molecule has 0 N–H and O–H groups in total. The lowest BCUT2D eigenvalue weighted by Gasteiger charge is -2.09. The number of pyridine rings is 1. The first-order chi connectivity index (χ1) is 8.20. The molecule has 0 atom stereocenters. The summed E-state index contributed by atoms with van der Waals surface area (Å²) in [5, 5.41) is 1.73. The maximum Gasteiger partial charge on any atom is 0.223 e. The monoisotopic (exact) mass is 331 g/mol. The van der Waals surface area contributed by atoms with Crippen molar-refractivity contribution in [2.24, 2.45) is 0 Å². The van der Waals surface area contributed by atoms with Crippen LogP contribution >= 0.6 is 39.1 Å². The third-order valence-electron chi connectivity index (χ3n) is 2.09. The minimum Gasteiger partial charge on any atom is -0.437 e. The highest BCUT2D eigenvalue weighted by molar-refractivity contribution is 9.08. The maximum absolute atomic E-state index is 6.02. The van der Waals surface area contributed by atoms with Crippen molar-refractivity contribution in [3.8, 4) is 11.6 Å². The third-order valence-corrected chi connectivity index (χ3v) is 3.25. The van der Waals surface area contributed by atoms with Crippen molar-refractivity contribution >= 4 is 39.1 Å². The number of halogens is 3. The Morgan fingerprint density at radius 1 is 1.24 bits per heavy atom. The van der Waals surface area contributed by atoms with E-state index in [1.807, 2.05) is 12.1 Å². The van der Waals surface area contributed by atoms with Crippen LogP contribution in [0.2, 0.25) is 10.0 Å². The van der Waals surface area contributed by atoms with Gasteiger partial charge in [-0.1, -0.05) is 45.2 Å². The Hall–Kier alpha value is -0.770. The summed E-state index contributed by atoms with van der Waals surface area (Å²) in [6.07, 6.45) is 1.67. The molecule has 1 aromatic carbocycles. The highest BCUT2D eigenvalue weighted by Crippen LogP contribution is 2.32. The fourth-order valence-electron chi connectivity index (χ4n) is 1.28. The molecule has 0 radical (unpaired) electrons. The molecule has 2 aromatic rings. The van der Waals surface area contributed by atoms with E-state index in [0.717, 1.165) is 5.56 Å². The van der Waals surface area contributed by atoms with Crippen molar-refractivity contribution in [1.29, 1.82) is 0 Å². The summed E-state index contributed by atoms with van der Waals surface area (Å²) < 4.78 is 5.65. The number of benzene rings is 1. The highest BCUT2D eigenvalue weighted by Gasteiger charge is 2.08. The molecule has 5 heteroatoms. The number of hydrogen-bond donors (Lipinski definition) is 0. The van der Waals surface area contributed by atoms with Gasteiger partial charge in [0.1, 0.15) is 5.75 Å². The summed E-state index contributed by atoms with van der Waals surface area (Å²) in [4.78, 5) is 4.16. The van der Waals surface area contributed by atoms with Gasteiger partial charge in [-0.3, -0.25) is 0 Å². The zero-order valence-corrected chi connectivity index (χ0v) is 11.8. The average Bonchev–Trinajstić information content (AvgIpc) is 2.34. The van der Waals surface area contributed by atoms with E-state index >= 15 is 0 Å². The zero-order valence-electron chi connectivity index (χ0n) is 8.66. The van der Waals surface area contributed by atoms with Crippen LogP contribution in [0.25, 0.3) is 0 Å². The molecule has 1 heterocycles. The van der Waals surface area contributed by atoms with Crippen molar-refractivity contribution in [3.05, 3.63) is 52.1 Å². The van der Waals surface area contributed by atoms with Gasteiger partial charge in [-0.15, -0.1) is 0 Å². The Morgan fingerprint density at radius 2 is 2.06 bits per heavy atom. The van der Waals surface area contributed by atoms with Crippen LogP contribution in [0.4, 0.5) is 0 Å². The van der Waals surface area contributed by atoms with E-state index in [4.69, 9.17) is 27.9 Å². The molecule has 0 fully saturated rings. The van der Waals surface area contributed by atoms with Crippen LogP contribution in [0, 0.1) is 0 Å². The second-order valence-corrected chi connectivity index (χ2v) is 4.68. The Balaban J connectivity index is 2.34. The summed E-state index contributed by atoms with van der Waals surface area (Å²) in [6, 6.07) is 8.84. The van der Waals surface area contributed by atoms with Gasteiger partial charge in [-0.2, -0.15) is 0 Å². The molecule has 0 saturated carbocycles. The molecule has 17 heavy (non-hydrogen) atoms. The van der Waals surface area contributed by atoms with Gasteiger partial charge in [0.05, 0.1) is 5.02 Å². The molecule has 1 aromatic heterocycles. The number of hydrogen-bond acceptors (Lipinski definition) is 2. The van der Waals surface area contributed by atoms with Gasteiger partial charge in [0, 0.05) is 28.2 Å². The van der Waals surface area contributed by atoms with Gasteiger partial charge < -0.3 is 4.74 Å². The highest BCUT2D eigenvalue weighted by atomic mass is 79.9. The van der Waals surface area contributed by atoms with E-state index in [1.165, 1.54) is 0 Å². The molecular formula is C12H8BrCl2NO. The fourth-order valence-corrected chi connectivity index (χ4v) is 2.02. The van der Waals surface area contributed by atoms with Gasteiger partial charge in [-0.25, -0.2) is 4.98 Å². The molecule has 0 spiro atoms. The number of rotatable bonds is 3. The standard InChI is InChI=1S/C12H8BrCl2NO/c13-7-8-2-1-5-16-12(8)17-11-6-9(14)3-4-10(11)15/h1-6H,7H2. The summed E-state index contributed by atoms with van der Waals surface area (Å²) in [7, 11) is 0.